The zero-order chi connectivity index (χ0) is 10.8. The molecule has 0 saturated carbocycles. The molecule has 0 N–H and O–H groups in total. The van der Waals surface area contributed by atoms with Crippen molar-refractivity contribution in [2.75, 3.05) is 13.2 Å². The lowest BCUT2D eigenvalue weighted by Gasteiger charge is -2.34. The van der Waals surface area contributed by atoms with Gasteiger partial charge in [0.1, 0.15) is 6.61 Å². The Balaban J connectivity index is 2.79. The standard InChI is InChI=1S/C8H13NO5/c1-6(10)14-8(2)3-4-13-5-7(8)9(11)12/h7H,3-5H2,1-2H3. The number of carbonyl (C=O) groups excluding carboxylic acids is 1. The van der Waals surface area contributed by atoms with E-state index in [-0.39, 0.29) is 6.61 Å². The van der Waals surface area contributed by atoms with E-state index >= 15 is 0 Å². The number of esters is 1. The van der Waals surface area contributed by atoms with Crippen molar-refractivity contribution < 1.29 is 19.2 Å². The molecule has 1 heterocycles. The van der Waals surface area contributed by atoms with Crippen LogP contribution in [0.4, 0.5) is 0 Å². The first kappa shape index (κ1) is 10.9. The van der Waals surface area contributed by atoms with Gasteiger partial charge in [-0.05, 0) is 6.92 Å². The second kappa shape index (κ2) is 3.91. The van der Waals surface area contributed by atoms with Gasteiger partial charge in [-0.1, -0.05) is 0 Å². The Hall–Kier alpha value is -1.17. The number of ether oxygens (including phenoxy) is 2. The lowest BCUT2D eigenvalue weighted by molar-refractivity contribution is -0.553. The van der Waals surface area contributed by atoms with Gasteiger partial charge < -0.3 is 9.47 Å². The third-order valence-corrected chi connectivity index (χ3v) is 2.35. The van der Waals surface area contributed by atoms with Crippen molar-refractivity contribution in [3.63, 3.8) is 0 Å². The van der Waals surface area contributed by atoms with Gasteiger partial charge in [0.2, 0.25) is 0 Å². The molecular formula is C8H13NO5. The van der Waals surface area contributed by atoms with Crippen molar-refractivity contribution in [2.45, 2.75) is 31.9 Å². The lowest BCUT2D eigenvalue weighted by atomic mass is 9.91. The van der Waals surface area contributed by atoms with Gasteiger partial charge in [0.25, 0.3) is 6.04 Å². The van der Waals surface area contributed by atoms with E-state index in [1.165, 1.54) is 6.92 Å². The summed E-state index contributed by atoms with van der Waals surface area (Å²) in [7, 11) is 0. The summed E-state index contributed by atoms with van der Waals surface area (Å²) in [6.07, 6.45) is 0.359. The molecule has 2 atom stereocenters. The summed E-state index contributed by atoms with van der Waals surface area (Å²) in [5.41, 5.74) is -1.03. The maximum Gasteiger partial charge on any atom is 0.303 e. The van der Waals surface area contributed by atoms with Crippen LogP contribution >= 0.6 is 0 Å². The maximum atomic E-state index is 10.8. The summed E-state index contributed by atoms with van der Waals surface area (Å²) in [4.78, 5) is 21.0. The monoisotopic (exact) mass is 203 g/mol. The predicted molar refractivity (Wildman–Crippen MR) is 46.4 cm³/mol. The van der Waals surface area contributed by atoms with E-state index in [2.05, 4.69) is 0 Å². The van der Waals surface area contributed by atoms with Crippen molar-refractivity contribution in [1.82, 2.24) is 0 Å². The van der Waals surface area contributed by atoms with Crippen LogP contribution in [-0.2, 0) is 14.3 Å². The van der Waals surface area contributed by atoms with Crippen molar-refractivity contribution in [3.8, 4) is 0 Å². The highest BCUT2D eigenvalue weighted by Crippen LogP contribution is 2.26. The molecule has 0 aliphatic carbocycles. The molecule has 0 radical (unpaired) electrons. The molecule has 1 aliphatic heterocycles. The van der Waals surface area contributed by atoms with Gasteiger partial charge in [0, 0.05) is 18.3 Å². The fourth-order valence-corrected chi connectivity index (χ4v) is 1.54. The molecule has 1 fully saturated rings. The van der Waals surface area contributed by atoms with Gasteiger partial charge >= 0.3 is 5.97 Å². The van der Waals surface area contributed by atoms with Crippen molar-refractivity contribution in [1.29, 1.82) is 0 Å². The van der Waals surface area contributed by atoms with E-state index in [0.717, 1.165) is 0 Å². The van der Waals surface area contributed by atoms with Crippen molar-refractivity contribution >= 4 is 5.97 Å². The molecule has 1 saturated heterocycles. The van der Waals surface area contributed by atoms with Gasteiger partial charge in [-0.2, -0.15) is 0 Å². The highest BCUT2D eigenvalue weighted by Gasteiger charge is 2.48. The number of nitro groups is 1. The molecule has 0 amide bonds. The molecule has 0 aromatic heterocycles. The molecule has 2 unspecified atom stereocenters. The zero-order valence-corrected chi connectivity index (χ0v) is 8.19. The number of hydrogen-bond acceptors (Lipinski definition) is 5. The van der Waals surface area contributed by atoms with E-state index in [1.54, 1.807) is 6.92 Å². The van der Waals surface area contributed by atoms with Crippen LogP contribution in [0.25, 0.3) is 0 Å². The number of hydrogen-bond donors (Lipinski definition) is 0. The molecule has 14 heavy (non-hydrogen) atoms. The van der Waals surface area contributed by atoms with Gasteiger partial charge in [0.15, 0.2) is 5.60 Å². The predicted octanol–water partition coefficient (Wildman–Crippen LogP) is 0.374. The minimum absolute atomic E-state index is 0.00319. The van der Waals surface area contributed by atoms with Gasteiger partial charge in [-0.3, -0.25) is 14.9 Å². The fraction of sp³-hybridized carbons (Fsp3) is 0.875. The number of carbonyl (C=O) groups is 1. The molecule has 80 valence electrons. The van der Waals surface area contributed by atoms with Crippen LogP contribution in [0.5, 0.6) is 0 Å². The second-order valence-corrected chi connectivity index (χ2v) is 3.53. The quantitative estimate of drug-likeness (QED) is 0.368. The topological polar surface area (TPSA) is 78.7 Å². The van der Waals surface area contributed by atoms with Crippen LogP contribution in [0.2, 0.25) is 0 Å². The Bertz CT molecular complexity index is 254. The first-order valence-electron chi connectivity index (χ1n) is 4.36. The van der Waals surface area contributed by atoms with E-state index in [1.807, 2.05) is 0 Å². The first-order valence-corrected chi connectivity index (χ1v) is 4.36. The van der Waals surface area contributed by atoms with Gasteiger partial charge in [0.05, 0.1) is 6.61 Å². The molecule has 0 aromatic rings. The molecule has 6 heteroatoms. The van der Waals surface area contributed by atoms with E-state index in [9.17, 15) is 14.9 Å². The van der Waals surface area contributed by atoms with E-state index < -0.39 is 22.5 Å². The summed E-state index contributed by atoms with van der Waals surface area (Å²) < 4.78 is 9.98. The van der Waals surface area contributed by atoms with Crippen LogP contribution in [-0.4, -0.2) is 35.7 Å². The maximum absolute atomic E-state index is 10.8. The Morgan fingerprint density at radius 2 is 2.36 bits per heavy atom. The average Bonchev–Trinajstić information content (AvgIpc) is 2.01. The number of rotatable bonds is 2. The summed E-state index contributed by atoms with van der Waals surface area (Å²) >= 11 is 0. The summed E-state index contributed by atoms with van der Waals surface area (Å²) in [6.45, 7) is 3.20. The molecule has 0 bridgehead atoms. The lowest BCUT2D eigenvalue weighted by Crippen LogP contribution is -2.53. The third-order valence-electron chi connectivity index (χ3n) is 2.35. The molecule has 6 nitrogen and oxygen atoms in total. The molecule has 0 spiro atoms. The Labute approximate surface area is 81.3 Å². The fourth-order valence-electron chi connectivity index (χ4n) is 1.54. The summed E-state index contributed by atoms with van der Waals surface area (Å²) in [6, 6.07) is -0.972. The minimum atomic E-state index is -1.03. The Morgan fingerprint density at radius 1 is 1.71 bits per heavy atom. The van der Waals surface area contributed by atoms with Crippen LogP contribution in [0.15, 0.2) is 0 Å². The van der Waals surface area contributed by atoms with Gasteiger partial charge in [-0.25, -0.2) is 0 Å². The highest BCUT2D eigenvalue weighted by molar-refractivity contribution is 5.66. The van der Waals surface area contributed by atoms with Gasteiger partial charge in [-0.15, -0.1) is 0 Å². The molecule has 1 rings (SSSR count). The normalized spacial score (nSPS) is 32.3. The third kappa shape index (κ3) is 2.20. The van der Waals surface area contributed by atoms with Crippen LogP contribution < -0.4 is 0 Å². The van der Waals surface area contributed by atoms with Crippen LogP contribution in [0.1, 0.15) is 20.3 Å². The molecule has 0 aromatic carbocycles. The summed E-state index contributed by atoms with van der Waals surface area (Å²) in [5, 5.41) is 10.7. The SMILES string of the molecule is CC(=O)OC1(C)CCOCC1[N+](=O)[O-]. The van der Waals surface area contributed by atoms with Crippen LogP contribution in [0.3, 0.4) is 0 Å². The second-order valence-electron chi connectivity index (χ2n) is 3.53. The summed E-state index contributed by atoms with van der Waals surface area (Å²) in [5.74, 6) is -0.499. The van der Waals surface area contributed by atoms with E-state index in [0.29, 0.717) is 13.0 Å². The zero-order valence-electron chi connectivity index (χ0n) is 8.19. The minimum Gasteiger partial charge on any atom is -0.452 e. The first-order chi connectivity index (χ1) is 6.46. The van der Waals surface area contributed by atoms with Crippen LogP contribution in [0, 0.1) is 10.1 Å². The highest BCUT2D eigenvalue weighted by atomic mass is 16.6. The number of nitrogens with zero attached hydrogens (tertiary/aromatic N) is 1. The van der Waals surface area contributed by atoms with Crippen molar-refractivity contribution in [3.05, 3.63) is 10.1 Å². The molecule has 1 aliphatic rings. The van der Waals surface area contributed by atoms with Crippen molar-refractivity contribution in [2.24, 2.45) is 0 Å². The smallest absolute Gasteiger partial charge is 0.303 e. The average molecular weight is 203 g/mol. The largest absolute Gasteiger partial charge is 0.452 e. The van der Waals surface area contributed by atoms with E-state index in [4.69, 9.17) is 9.47 Å². The Kier molecular flexibility index (Phi) is 3.05. The Morgan fingerprint density at radius 3 is 2.86 bits per heavy atom. The molecular weight excluding hydrogens is 190 g/mol.